The van der Waals surface area contributed by atoms with Gasteiger partial charge in [0.15, 0.2) is 17.5 Å². The molecule has 0 bridgehead atoms. The van der Waals surface area contributed by atoms with Crippen molar-refractivity contribution in [2.24, 2.45) is 0 Å². The molecule has 3 heterocycles. The van der Waals surface area contributed by atoms with Crippen molar-refractivity contribution in [1.29, 1.82) is 0 Å². The molecule has 5 nitrogen and oxygen atoms in total. The van der Waals surface area contributed by atoms with Gasteiger partial charge in [0.2, 0.25) is 0 Å². The zero-order valence-corrected chi connectivity index (χ0v) is 27.7. The minimum Gasteiger partial charge on any atom is -0.456 e. The first kappa shape index (κ1) is 28.7. The lowest BCUT2D eigenvalue weighted by Crippen LogP contribution is -2.00. The molecule has 5 heteroatoms. The second-order valence-electron chi connectivity index (χ2n) is 13.1. The van der Waals surface area contributed by atoms with Gasteiger partial charge in [-0.1, -0.05) is 140 Å². The van der Waals surface area contributed by atoms with Crippen LogP contribution < -0.4 is 0 Å². The number of para-hydroxylation sites is 2. The van der Waals surface area contributed by atoms with Crippen molar-refractivity contribution in [1.82, 2.24) is 15.0 Å². The highest BCUT2D eigenvalue weighted by Crippen LogP contribution is 2.45. The van der Waals surface area contributed by atoms with Crippen LogP contribution in [-0.2, 0) is 0 Å². The minimum atomic E-state index is 0.589. The first-order chi connectivity index (χ1) is 25.8. The Balaban J connectivity index is 1.21. The van der Waals surface area contributed by atoms with E-state index < -0.39 is 0 Å². The van der Waals surface area contributed by atoms with E-state index in [4.69, 9.17) is 23.8 Å². The van der Waals surface area contributed by atoms with Gasteiger partial charge in [0.1, 0.15) is 22.3 Å². The SMILES string of the molecule is c1ccc(-c2nc(-c3ccc4c5cccc(-c6ccccc6)c5c5oc6ccccc6c5c4c3)nc(-c3cccc4oc5ccccc5c34)n2)cc1. The average molecular weight is 666 g/mol. The Bertz CT molecular complexity index is 3180. The van der Waals surface area contributed by atoms with Crippen LogP contribution in [0.1, 0.15) is 0 Å². The van der Waals surface area contributed by atoms with Crippen molar-refractivity contribution < 1.29 is 8.83 Å². The smallest absolute Gasteiger partial charge is 0.164 e. The molecule has 0 saturated carbocycles. The standard InChI is InChI=1S/C47H27N3O2/c1-3-13-28(14-4-1)31-19-11-20-33-32-26-25-30(27-37(32)43-35-18-8-10-23-39(35)52-44(43)42(31)33)46-48-45(29-15-5-2-6-16-29)49-47(50-46)36-21-12-24-40-41(36)34-17-7-9-22-38(34)51-40/h1-27H. The fourth-order valence-electron chi connectivity index (χ4n) is 7.80. The van der Waals surface area contributed by atoms with Crippen LogP contribution in [0.3, 0.4) is 0 Å². The highest BCUT2D eigenvalue weighted by molar-refractivity contribution is 6.32. The number of fused-ring (bicyclic) bond motifs is 11. The number of furan rings is 2. The fraction of sp³-hybridized carbons (Fsp3) is 0. The molecular formula is C47H27N3O2. The Kier molecular flexibility index (Phi) is 6.18. The summed E-state index contributed by atoms with van der Waals surface area (Å²) in [6.45, 7) is 0. The molecular weight excluding hydrogens is 639 g/mol. The van der Waals surface area contributed by atoms with Gasteiger partial charge in [-0.05, 0) is 51.6 Å². The molecule has 11 rings (SSSR count). The van der Waals surface area contributed by atoms with Crippen LogP contribution >= 0.6 is 0 Å². The third-order valence-electron chi connectivity index (χ3n) is 10.1. The second-order valence-corrected chi connectivity index (χ2v) is 13.1. The maximum absolute atomic E-state index is 6.75. The number of hydrogen-bond acceptors (Lipinski definition) is 5. The number of hydrogen-bond donors (Lipinski definition) is 0. The third kappa shape index (κ3) is 4.33. The van der Waals surface area contributed by atoms with Crippen LogP contribution in [0.25, 0.3) is 111 Å². The van der Waals surface area contributed by atoms with Crippen LogP contribution in [0.5, 0.6) is 0 Å². The normalized spacial score (nSPS) is 11.8. The number of aromatic nitrogens is 3. The quantitative estimate of drug-likeness (QED) is 0.175. The van der Waals surface area contributed by atoms with Gasteiger partial charge >= 0.3 is 0 Å². The van der Waals surface area contributed by atoms with Crippen molar-refractivity contribution in [3.05, 3.63) is 164 Å². The zero-order chi connectivity index (χ0) is 34.2. The molecule has 0 saturated heterocycles. The molecule has 0 radical (unpaired) electrons. The van der Waals surface area contributed by atoms with Crippen molar-refractivity contribution in [2.45, 2.75) is 0 Å². The summed E-state index contributed by atoms with van der Waals surface area (Å²) >= 11 is 0. The maximum atomic E-state index is 6.75. The topological polar surface area (TPSA) is 65.0 Å². The van der Waals surface area contributed by atoms with E-state index in [2.05, 4.69) is 91.0 Å². The van der Waals surface area contributed by atoms with E-state index in [9.17, 15) is 0 Å². The van der Waals surface area contributed by atoms with Crippen LogP contribution in [0, 0.1) is 0 Å². The number of rotatable bonds is 4. The average Bonchev–Trinajstić information content (AvgIpc) is 3.80. The molecule has 0 spiro atoms. The monoisotopic (exact) mass is 665 g/mol. The molecule has 3 aromatic heterocycles. The molecule has 0 unspecified atom stereocenters. The molecule has 8 aromatic carbocycles. The molecule has 0 aliphatic carbocycles. The van der Waals surface area contributed by atoms with Crippen LogP contribution in [0.2, 0.25) is 0 Å². The summed E-state index contributed by atoms with van der Waals surface area (Å²) in [6.07, 6.45) is 0. The summed E-state index contributed by atoms with van der Waals surface area (Å²) in [5, 5.41) is 8.63. The van der Waals surface area contributed by atoms with Gasteiger partial charge in [0.05, 0.1) is 0 Å². The van der Waals surface area contributed by atoms with E-state index in [0.717, 1.165) is 93.2 Å². The summed E-state index contributed by atoms with van der Waals surface area (Å²) < 4.78 is 13.0. The molecule has 52 heavy (non-hydrogen) atoms. The lowest BCUT2D eigenvalue weighted by atomic mass is 9.91. The van der Waals surface area contributed by atoms with Crippen LogP contribution in [-0.4, -0.2) is 15.0 Å². The summed E-state index contributed by atoms with van der Waals surface area (Å²) in [5.41, 5.74) is 8.35. The van der Waals surface area contributed by atoms with Crippen molar-refractivity contribution >= 4 is 65.4 Å². The molecule has 11 aromatic rings. The van der Waals surface area contributed by atoms with Gasteiger partial charge in [-0.3, -0.25) is 0 Å². The molecule has 0 aliphatic rings. The van der Waals surface area contributed by atoms with Gasteiger partial charge in [0, 0.05) is 43.6 Å². The Morgan fingerprint density at radius 2 is 0.885 bits per heavy atom. The summed E-state index contributed by atoms with van der Waals surface area (Å²) in [7, 11) is 0. The van der Waals surface area contributed by atoms with E-state index in [0.29, 0.717) is 17.5 Å². The van der Waals surface area contributed by atoms with Gasteiger partial charge in [0.25, 0.3) is 0 Å². The molecule has 0 atom stereocenters. The maximum Gasteiger partial charge on any atom is 0.164 e. The van der Waals surface area contributed by atoms with Crippen molar-refractivity contribution in [3.8, 4) is 45.3 Å². The van der Waals surface area contributed by atoms with E-state index in [1.54, 1.807) is 0 Å². The first-order valence-corrected chi connectivity index (χ1v) is 17.4. The van der Waals surface area contributed by atoms with E-state index in [1.807, 2.05) is 72.8 Å². The number of benzene rings is 8. The minimum absolute atomic E-state index is 0.589. The predicted octanol–water partition coefficient (Wildman–Crippen LogP) is 12.6. The van der Waals surface area contributed by atoms with Crippen LogP contribution in [0.15, 0.2) is 173 Å². The highest BCUT2D eigenvalue weighted by atomic mass is 16.3. The van der Waals surface area contributed by atoms with Crippen molar-refractivity contribution in [3.63, 3.8) is 0 Å². The Labute approximate surface area is 297 Å². The number of nitrogens with zero attached hydrogens (tertiary/aromatic N) is 3. The lowest BCUT2D eigenvalue weighted by molar-refractivity contribution is 0.669. The summed E-state index contributed by atoms with van der Waals surface area (Å²) in [5.74, 6) is 1.79. The van der Waals surface area contributed by atoms with Crippen LogP contribution in [0.4, 0.5) is 0 Å². The summed E-state index contributed by atoms with van der Waals surface area (Å²) in [6, 6.07) is 56.2. The molecule has 0 aliphatic heterocycles. The molecule has 0 fully saturated rings. The zero-order valence-electron chi connectivity index (χ0n) is 27.7. The van der Waals surface area contributed by atoms with Gasteiger partial charge < -0.3 is 8.83 Å². The highest BCUT2D eigenvalue weighted by Gasteiger charge is 2.21. The van der Waals surface area contributed by atoms with E-state index in [1.165, 1.54) is 0 Å². The Morgan fingerprint density at radius 1 is 0.308 bits per heavy atom. The van der Waals surface area contributed by atoms with E-state index >= 15 is 0 Å². The Morgan fingerprint density at radius 3 is 1.67 bits per heavy atom. The molecule has 0 N–H and O–H groups in total. The van der Waals surface area contributed by atoms with Gasteiger partial charge in [-0.25, -0.2) is 15.0 Å². The van der Waals surface area contributed by atoms with Crippen molar-refractivity contribution in [2.75, 3.05) is 0 Å². The molecule has 0 amide bonds. The van der Waals surface area contributed by atoms with Gasteiger partial charge in [-0.2, -0.15) is 0 Å². The lowest BCUT2D eigenvalue weighted by Gasteiger charge is -2.13. The Hall–Kier alpha value is -7.11. The summed E-state index contributed by atoms with van der Waals surface area (Å²) in [4.78, 5) is 15.4. The largest absolute Gasteiger partial charge is 0.456 e. The molecule has 242 valence electrons. The fourth-order valence-corrected chi connectivity index (χ4v) is 7.80. The second kappa shape index (κ2) is 11.2. The first-order valence-electron chi connectivity index (χ1n) is 17.4. The van der Waals surface area contributed by atoms with E-state index in [-0.39, 0.29) is 0 Å². The predicted molar refractivity (Wildman–Crippen MR) is 211 cm³/mol. The third-order valence-corrected chi connectivity index (χ3v) is 10.1. The van der Waals surface area contributed by atoms with Gasteiger partial charge in [-0.15, -0.1) is 0 Å².